The van der Waals surface area contributed by atoms with Crippen LogP contribution < -0.4 is 16.2 Å². The van der Waals surface area contributed by atoms with E-state index in [0.717, 1.165) is 12.1 Å². The number of nitrogens with one attached hydrogen (secondary N) is 1. The van der Waals surface area contributed by atoms with E-state index in [9.17, 15) is 17.6 Å². The van der Waals surface area contributed by atoms with Crippen LogP contribution in [0, 0.1) is 5.82 Å². The predicted molar refractivity (Wildman–Crippen MR) is 64.4 cm³/mol. The number of nitrogens with two attached hydrogens (primary N) is 2. The van der Waals surface area contributed by atoms with Gasteiger partial charge in [-0.15, -0.1) is 0 Å². The van der Waals surface area contributed by atoms with Gasteiger partial charge in [-0.2, -0.15) is 0 Å². The van der Waals surface area contributed by atoms with Crippen LogP contribution in [0.15, 0.2) is 23.1 Å². The topological polar surface area (TPSA) is 115 Å². The molecule has 0 spiro atoms. The van der Waals surface area contributed by atoms with Gasteiger partial charge in [-0.1, -0.05) is 0 Å². The molecule has 0 heterocycles. The van der Waals surface area contributed by atoms with Crippen molar-refractivity contribution < 1.29 is 17.6 Å². The molecule has 8 heteroatoms. The third-order valence-corrected chi connectivity index (χ3v) is 3.63. The minimum absolute atomic E-state index is 0.00902. The van der Waals surface area contributed by atoms with E-state index in [2.05, 4.69) is 4.72 Å². The summed E-state index contributed by atoms with van der Waals surface area (Å²) >= 11 is 0. The summed E-state index contributed by atoms with van der Waals surface area (Å²) in [6, 6.07) is 3.31. The Morgan fingerprint density at radius 1 is 1.39 bits per heavy atom. The third-order valence-electron chi connectivity index (χ3n) is 2.14. The van der Waals surface area contributed by atoms with Crippen LogP contribution in [0.3, 0.4) is 0 Å². The molecule has 0 aliphatic heterocycles. The van der Waals surface area contributed by atoms with Crippen molar-refractivity contribution >= 4 is 21.6 Å². The number of rotatable bonds is 6. The van der Waals surface area contributed by atoms with Gasteiger partial charge < -0.3 is 11.5 Å². The number of hydrogen-bond acceptors (Lipinski definition) is 4. The van der Waals surface area contributed by atoms with Crippen LogP contribution in [-0.2, 0) is 14.8 Å². The molecule has 100 valence electrons. The first-order chi connectivity index (χ1) is 8.33. The summed E-state index contributed by atoms with van der Waals surface area (Å²) in [5, 5.41) is 0. The lowest BCUT2D eigenvalue weighted by atomic mass is 10.3. The number of benzene rings is 1. The molecule has 0 atom stereocenters. The summed E-state index contributed by atoms with van der Waals surface area (Å²) < 4.78 is 39.0. The zero-order valence-electron chi connectivity index (χ0n) is 9.52. The zero-order chi connectivity index (χ0) is 13.8. The van der Waals surface area contributed by atoms with E-state index in [1.54, 1.807) is 0 Å². The summed E-state index contributed by atoms with van der Waals surface area (Å²) in [6.07, 6.45) is 0.317. The fourth-order valence-corrected chi connectivity index (χ4v) is 2.41. The lowest BCUT2D eigenvalue weighted by Crippen LogP contribution is -2.26. The first-order valence-electron chi connectivity index (χ1n) is 5.16. The molecule has 0 aliphatic rings. The fraction of sp³-hybridized carbons (Fsp3) is 0.300. The minimum atomic E-state index is -3.94. The van der Waals surface area contributed by atoms with Crippen molar-refractivity contribution in [3.8, 4) is 0 Å². The molecule has 5 N–H and O–H groups in total. The number of halogens is 1. The molecular weight excluding hydrogens is 261 g/mol. The van der Waals surface area contributed by atoms with Gasteiger partial charge >= 0.3 is 0 Å². The number of anilines is 1. The van der Waals surface area contributed by atoms with Gasteiger partial charge in [0, 0.05) is 18.7 Å². The van der Waals surface area contributed by atoms with E-state index in [0.29, 0.717) is 0 Å². The van der Waals surface area contributed by atoms with Crippen molar-refractivity contribution in [2.24, 2.45) is 5.73 Å². The zero-order valence-corrected chi connectivity index (χ0v) is 10.3. The Hall–Kier alpha value is -1.67. The van der Waals surface area contributed by atoms with Gasteiger partial charge in [0.1, 0.15) is 10.7 Å². The second-order valence-electron chi connectivity index (χ2n) is 3.66. The monoisotopic (exact) mass is 275 g/mol. The maximum atomic E-state index is 13.4. The normalized spacial score (nSPS) is 11.4. The highest BCUT2D eigenvalue weighted by atomic mass is 32.2. The van der Waals surface area contributed by atoms with E-state index in [1.807, 2.05) is 0 Å². The Bertz CT molecular complexity index is 545. The Labute approximate surface area is 104 Å². The molecule has 18 heavy (non-hydrogen) atoms. The second kappa shape index (κ2) is 5.78. The minimum Gasteiger partial charge on any atom is -0.399 e. The van der Waals surface area contributed by atoms with Gasteiger partial charge in [0.2, 0.25) is 15.9 Å². The number of primary amides is 1. The highest BCUT2D eigenvalue weighted by Gasteiger charge is 2.18. The van der Waals surface area contributed by atoms with Crippen LogP contribution in [0.5, 0.6) is 0 Å². The lowest BCUT2D eigenvalue weighted by molar-refractivity contribution is -0.118. The number of carbonyl (C=O) groups is 1. The maximum Gasteiger partial charge on any atom is 0.243 e. The number of amides is 1. The molecule has 0 aliphatic carbocycles. The number of hydrogen-bond donors (Lipinski definition) is 3. The van der Waals surface area contributed by atoms with Crippen molar-refractivity contribution in [3.05, 3.63) is 24.0 Å². The van der Waals surface area contributed by atoms with Crippen molar-refractivity contribution in [2.45, 2.75) is 17.7 Å². The van der Waals surface area contributed by atoms with Crippen LogP contribution in [-0.4, -0.2) is 20.9 Å². The van der Waals surface area contributed by atoms with Crippen LogP contribution in [0.4, 0.5) is 10.1 Å². The van der Waals surface area contributed by atoms with Gasteiger partial charge in [0.05, 0.1) is 0 Å². The number of carbonyl (C=O) groups excluding carboxylic acids is 1. The smallest absolute Gasteiger partial charge is 0.243 e. The van der Waals surface area contributed by atoms with E-state index in [-0.39, 0.29) is 25.1 Å². The highest BCUT2D eigenvalue weighted by Crippen LogP contribution is 2.16. The van der Waals surface area contributed by atoms with Gasteiger partial charge in [-0.05, 0) is 24.6 Å². The van der Waals surface area contributed by atoms with Crippen molar-refractivity contribution in [3.63, 3.8) is 0 Å². The first-order valence-corrected chi connectivity index (χ1v) is 6.64. The van der Waals surface area contributed by atoms with Crippen LogP contribution >= 0.6 is 0 Å². The maximum absolute atomic E-state index is 13.4. The van der Waals surface area contributed by atoms with E-state index in [1.165, 1.54) is 6.07 Å². The summed E-state index contributed by atoms with van der Waals surface area (Å²) in [6.45, 7) is 0.00902. The molecule has 1 aromatic carbocycles. The Balaban J connectivity index is 2.71. The van der Waals surface area contributed by atoms with Gasteiger partial charge in [-0.25, -0.2) is 17.5 Å². The SMILES string of the molecule is NC(=O)CCCNS(=O)(=O)c1ccc(N)cc1F. The van der Waals surface area contributed by atoms with E-state index >= 15 is 0 Å². The standard InChI is InChI=1S/C10H14FN3O3S/c11-8-6-7(12)3-4-9(8)18(16,17)14-5-1-2-10(13)15/h3-4,6,14H,1-2,5,12H2,(H2,13,15). The summed E-state index contributed by atoms with van der Waals surface area (Å²) in [4.78, 5) is 9.98. The molecule has 0 saturated carbocycles. The fourth-order valence-electron chi connectivity index (χ4n) is 1.28. The molecule has 1 aromatic rings. The molecule has 1 rings (SSSR count). The van der Waals surface area contributed by atoms with Gasteiger partial charge in [0.25, 0.3) is 0 Å². The van der Waals surface area contributed by atoms with E-state index < -0.39 is 26.6 Å². The van der Waals surface area contributed by atoms with Crippen LogP contribution in [0.25, 0.3) is 0 Å². The molecule has 1 amide bonds. The predicted octanol–water partition coefficient (Wildman–Crippen LogP) is -0.0483. The summed E-state index contributed by atoms with van der Waals surface area (Å²) in [7, 11) is -3.94. The molecule has 0 unspecified atom stereocenters. The summed E-state index contributed by atoms with van der Waals surface area (Å²) in [5.41, 5.74) is 10.4. The van der Waals surface area contributed by atoms with Crippen molar-refractivity contribution in [1.29, 1.82) is 0 Å². The summed E-state index contributed by atoms with van der Waals surface area (Å²) in [5.74, 6) is -1.44. The van der Waals surface area contributed by atoms with Gasteiger partial charge in [-0.3, -0.25) is 4.79 Å². The number of nitrogen functional groups attached to an aromatic ring is 1. The molecule has 6 nitrogen and oxygen atoms in total. The highest BCUT2D eigenvalue weighted by molar-refractivity contribution is 7.89. The molecular formula is C10H14FN3O3S. The van der Waals surface area contributed by atoms with Crippen LogP contribution in [0.1, 0.15) is 12.8 Å². The molecule has 0 bridgehead atoms. The van der Waals surface area contributed by atoms with Crippen molar-refractivity contribution in [1.82, 2.24) is 4.72 Å². The molecule has 0 saturated heterocycles. The third kappa shape index (κ3) is 3.97. The average molecular weight is 275 g/mol. The Morgan fingerprint density at radius 2 is 2.06 bits per heavy atom. The Kier molecular flexibility index (Phi) is 4.62. The average Bonchev–Trinajstić information content (AvgIpc) is 2.23. The second-order valence-corrected chi connectivity index (χ2v) is 5.39. The van der Waals surface area contributed by atoms with Crippen LogP contribution in [0.2, 0.25) is 0 Å². The molecule has 0 radical (unpaired) electrons. The quantitative estimate of drug-likeness (QED) is 0.498. The molecule has 0 aromatic heterocycles. The first kappa shape index (κ1) is 14.4. The molecule has 0 fully saturated rings. The van der Waals surface area contributed by atoms with E-state index in [4.69, 9.17) is 11.5 Å². The van der Waals surface area contributed by atoms with Crippen molar-refractivity contribution in [2.75, 3.05) is 12.3 Å². The number of sulfonamides is 1. The Morgan fingerprint density at radius 3 is 2.61 bits per heavy atom. The largest absolute Gasteiger partial charge is 0.399 e. The van der Waals surface area contributed by atoms with Gasteiger partial charge in [0.15, 0.2) is 0 Å². The lowest BCUT2D eigenvalue weighted by Gasteiger charge is -2.07.